The highest BCUT2D eigenvalue weighted by Crippen LogP contribution is 2.15. The zero-order valence-corrected chi connectivity index (χ0v) is 12.7. The van der Waals surface area contributed by atoms with Crippen molar-refractivity contribution in [1.82, 2.24) is 15.2 Å². The molecule has 1 saturated heterocycles. The summed E-state index contributed by atoms with van der Waals surface area (Å²) in [7, 11) is 0. The highest BCUT2D eigenvalue weighted by molar-refractivity contribution is 5.05. The average molecular weight is 265 g/mol. The molecule has 1 fully saturated rings. The van der Waals surface area contributed by atoms with Crippen LogP contribution in [-0.2, 0) is 6.54 Å². The summed E-state index contributed by atoms with van der Waals surface area (Å²) < 4.78 is 5.71. The SMILES string of the molecule is Cc1nc(CN(CC2CCCCN2)C(C)C)oc1C. The summed E-state index contributed by atoms with van der Waals surface area (Å²) in [5.41, 5.74) is 1.01. The van der Waals surface area contributed by atoms with E-state index in [0.717, 1.165) is 37.0 Å². The van der Waals surface area contributed by atoms with Gasteiger partial charge in [0.15, 0.2) is 0 Å². The molecule has 19 heavy (non-hydrogen) atoms. The summed E-state index contributed by atoms with van der Waals surface area (Å²) in [5, 5.41) is 3.61. The molecule has 0 amide bonds. The van der Waals surface area contributed by atoms with E-state index in [1.807, 2.05) is 13.8 Å². The van der Waals surface area contributed by atoms with Crippen molar-refractivity contribution in [2.45, 2.75) is 65.6 Å². The molecule has 4 heteroatoms. The van der Waals surface area contributed by atoms with Gasteiger partial charge in [0.2, 0.25) is 5.89 Å². The largest absolute Gasteiger partial charge is 0.444 e. The molecule has 1 aromatic heterocycles. The van der Waals surface area contributed by atoms with Crippen LogP contribution in [0.25, 0.3) is 0 Å². The Bertz CT molecular complexity index is 375. The normalized spacial score (nSPS) is 20.4. The van der Waals surface area contributed by atoms with Gasteiger partial charge in [-0.15, -0.1) is 0 Å². The Morgan fingerprint density at radius 1 is 1.37 bits per heavy atom. The zero-order chi connectivity index (χ0) is 13.8. The van der Waals surface area contributed by atoms with Crippen LogP contribution in [0.3, 0.4) is 0 Å². The standard InChI is InChI=1S/C15H27N3O/c1-11(2)18(9-14-7-5-6-8-16-14)10-15-17-12(3)13(4)19-15/h11,14,16H,5-10H2,1-4H3. The maximum absolute atomic E-state index is 5.71. The molecule has 0 aliphatic carbocycles. The number of rotatable bonds is 5. The molecule has 1 atom stereocenters. The van der Waals surface area contributed by atoms with Gasteiger partial charge in [-0.25, -0.2) is 4.98 Å². The van der Waals surface area contributed by atoms with Crippen LogP contribution in [0, 0.1) is 13.8 Å². The van der Waals surface area contributed by atoms with Crippen molar-refractivity contribution in [3.8, 4) is 0 Å². The van der Waals surface area contributed by atoms with Crippen molar-refractivity contribution in [1.29, 1.82) is 0 Å². The van der Waals surface area contributed by atoms with E-state index < -0.39 is 0 Å². The topological polar surface area (TPSA) is 41.3 Å². The van der Waals surface area contributed by atoms with Gasteiger partial charge in [-0.05, 0) is 47.1 Å². The van der Waals surface area contributed by atoms with E-state index in [9.17, 15) is 0 Å². The first-order valence-electron chi connectivity index (χ1n) is 7.46. The van der Waals surface area contributed by atoms with Crippen molar-refractivity contribution in [3.63, 3.8) is 0 Å². The molecule has 0 radical (unpaired) electrons. The second kappa shape index (κ2) is 6.53. The predicted molar refractivity (Wildman–Crippen MR) is 77.2 cm³/mol. The van der Waals surface area contributed by atoms with Crippen molar-refractivity contribution in [3.05, 3.63) is 17.3 Å². The number of nitrogens with zero attached hydrogens (tertiary/aromatic N) is 2. The molecule has 2 heterocycles. The molecule has 0 aromatic carbocycles. The number of nitrogens with one attached hydrogen (secondary N) is 1. The van der Waals surface area contributed by atoms with Crippen molar-refractivity contribution < 1.29 is 4.42 Å². The third kappa shape index (κ3) is 4.05. The van der Waals surface area contributed by atoms with Gasteiger partial charge in [0.1, 0.15) is 5.76 Å². The Balaban J connectivity index is 1.95. The summed E-state index contributed by atoms with van der Waals surface area (Å²) in [5.74, 6) is 1.79. The number of aromatic nitrogens is 1. The van der Waals surface area contributed by atoms with Crippen LogP contribution in [0.5, 0.6) is 0 Å². The van der Waals surface area contributed by atoms with E-state index in [4.69, 9.17) is 4.42 Å². The molecule has 0 spiro atoms. The molecule has 1 aromatic rings. The molecule has 1 aliphatic rings. The van der Waals surface area contributed by atoms with Gasteiger partial charge < -0.3 is 9.73 Å². The molecule has 1 unspecified atom stereocenters. The number of hydrogen-bond donors (Lipinski definition) is 1. The van der Waals surface area contributed by atoms with Gasteiger partial charge in [0.05, 0.1) is 12.2 Å². The third-order valence-corrected chi connectivity index (χ3v) is 4.01. The van der Waals surface area contributed by atoms with Gasteiger partial charge in [-0.1, -0.05) is 6.42 Å². The fourth-order valence-corrected chi connectivity index (χ4v) is 2.60. The van der Waals surface area contributed by atoms with Crippen LogP contribution in [0.1, 0.15) is 50.5 Å². The van der Waals surface area contributed by atoms with Crippen LogP contribution < -0.4 is 5.32 Å². The first-order valence-corrected chi connectivity index (χ1v) is 7.46. The maximum Gasteiger partial charge on any atom is 0.208 e. The van der Waals surface area contributed by atoms with E-state index in [-0.39, 0.29) is 0 Å². The molecule has 108 valence electrons. The number of piperidine rings is 1. The number of aryl methyl sites for hydroxylation is 2. The minimum atomic E-state index is 0.510. The first-order chi connectivity index (χ1) is 9.06. The van der Waals surface area contributed by atoms with Crippen LogP contribution >= 0.6 is 0 Å². The fraction of sp³-hybridized carbons (Fsp3) is 0.800. The first kappa shape index (κ1) is 14.5. The lowest BCUT2D eigenvalue weighted by atomic mass is 10.0. The lowest BCUT2D eigenvalue weighted by molar-refractivity contribution is 0.162. The van der Waals surface area contributed by atoms with E-state index in [1.54, 1.807) is 0 Å². The van der Waals surface area contributed by atoms with Gasteiger partial charge in [-0.3, -0.25) is 4.90 Å². The van der Waals surface area contributed by atoms with Crippen LogP contribution in [0.4, 0.5) is 0 Å². The van der Waals surface area contributed by atoms with E-state index in [2.05, 4.69) is 29.0 Å². The number of hydrogen-bond acceptors (Lipinski definition) is 4. The fourth-order valence-electron chi connectivity index (χ4n) is 2.60. The Kier molecular flexibility index (Phi) is 4.99. The quantitative estimate of drug-likeness (QED) is 0.888. The lowest BCUT2D eigenvalue weighted by Gasteiger charge is -2.32. The second-order valence-corrected chi connectivity index (χ2v) is 5.92. The van der Waals surface area contributed by atoms with Gasteiger partial charge in [0, 0.05) is 18.6 Å². The Labute approximate surface area is 116 Å². The smallest absolute Gasteiger partial charge is 0.208 e. The molecule has 0 saturated carbocycles. The van der Waals surface area contributed by atoms with Crippen LogP contribution in [-0.4, -0.2) is 35.1 Å². The summed E-state index contributed by atoms with van der Waals surface area (Å²) >= 11 is 0. The van der Waals surface area contributed by atoms with Crippen molar-refractivity contribution in [2.75, 3.05) is 13.1 Å². The molecular formula is C15H27N3O. The molecule has 4 nitrogen and oxygen atoms in total. The van der Waals surface area contributed by atoms with Gasteiger partial charge in [-0.2, -0.15) is 0 Å². The molecular weight excluding hydrogens is 238 g/mol. The highest BCUT2D eigenvalue weighted by Gasteiger charge is 2.20. The zero-order valence-electron chi connectivity index (χ0n) is 12.7. The Morgan fingerprint density at radius 3 is 2.68 bits per heavy atom. The summed E-state index contributed by atoms with van der Waals surface area (Å²) in [4.78, 5) is 6.95. The van der Waals surface area contributed by atoms with Gasteiger partial charge >= 0.3 is 0 Å². The number of oxazole rings is 1. The van der Waals surface area contributed by atoms with Crippen LogP contribution in [0.2, 0.25) is 0 Å². The van der Waals surface area contributed by atoms with Gasteiger partial charge in [0.25, 0.3) is 0 Å². The van der Waals surface area contributed by atoms with Crippen molar-refractivity contribution in [2.24, 2.45) is 0 Å². The highest BCUT2D eigenvalue weighted by atomic mass is 16.4. The lowest BCUT2D eigenvalue weighted by Crippen LogP contribution is -2.45. The average Bonchev–Trinajstić information content (AvgIpc) is 2.69. The minimum Gasteiger partial charge on any atom is -0.444 e. The van der Waals surface area contributed by atoms with Crippen LogP contribution in [0.15, 0.2) is 4.42 Å². The molecule has 1 N–H and O–H groups in total. The monoisotopic (exact) mass is 265 g/mol. The Morgan fingerprint density at radius 2 is 2.16 bits per heavy atom. The minimum absolute atomic E-state index is 0.510. The third-order valence-electron chi connectivity index (χ3n) is 4.01. The van der Waals surface area contributed by atoms with E-state index in [1.165, 1.54) is 19.3 Å². The predicted octanol–water partition coefficient (Wildman–Crippen LogP) is 2.64. The Hall–Kier alpha value is -0.870. The van der Waals surface area contributed by atoms with E-state index >= 15 is 0 Å². The molecule has 1 aliphatic heterocycles. The molecule has 2 rings (SSSR count). The second-order valence-electron chi connectivity index (χ2n) is 5.92. The maximum atomic E-state index is 5.71. The van der Waals surface area contributed by atoms with E-state index in [0.29, 0.717) is 12.1 Å². The summed E-state index contributed by atoms with van der Waals surface area (Å²) in [6, 6.07) is 1.13. The summed E-state index contributed by atoms with van der Waals surface area (Å²) in [6.45, 7) is 11.5. The van der Waals surface area contributed by atoms with Crippen molar-refractivity contribution >= 4 is 0 Å². The summed E-state index contributed by atoms with van der Waals surface area (Å²) in [6.07, 6.45) is 3.95. The molecule has 0 bridgehead atoms.